The van der Waals surface area contributed by atoms with Crippen molar-refractivity contribution in [1.29, 1.82) is 0 Å². The second-order valence-corrected chi connectivity index (χ2v) is 4.92. The van der Waals surface area contributed by atoms with Gasteiger partial charge in [-0.3, -0.25) is 4.79 Å². The number of benzene rings is 2. The SMILES string of the molecule is COc1cccc([C@@](CO)(NC(=O)c2ccccc2)C(=O)O)c1. The number of aliphatic carboxylic acids is 1. The minimum Gasteiger partial charge on any atom is -0.497 e. The predicted octanol–water partition coefficient (Wildman–Crippen LogP) is 1.40. The van der Waals surface area contributed by atoms with Crippen molar-refractivity contribution in [1.82, 2.24) is 5.32 Å². The van der Waals surface area contributed by atoms with Gasteiger partial charge >= 0.3 is 5.97 Å². The molecule has 2 aromatic carbocycles. The van der Waals surface area contributed by atoms with Crippen molar-refractivity contribution in [3.05, 3.63) is 65.7 Å². The van der Waals surface area contributed by atoms with Gasteiger partial charge in [0.1, 0.15) is 5.75 Å². The molecule has 3 N–H and O–H groups in total. The van der Waals surface area contributed by atoms with Gasteiger partial charge in [-0.15, -0.1) is 0 Å². The fourth-order valence-corrected chi connectivity index (χ4v) is 2.19. The van der Waals surface area contributed by atoms with Crippen LogP contribution in [0.4, 0.5) is 0 Å². The smallest absolute Gasteiger partial charge is 0.336 e. The molecule has 0 heterocycles. The molecule has 0 fully saturated rings. The van der Waals surface area contributed by atoms with Crippen LogP contribution < -0.4 is 10.1 Å². The third-order valence-corrected chi connectivity index (χ3v) is 3.53. The van der Waals surface area contributed by atoms with Gasteiger partial charge < -0.3 is 20.3 Å². The average Bonchev–Trinajstić information content (AvgIpc) is 2.60. The first-order chi connectivity index (χ1) is 11.0. The lowest BCUT2D eigenvalue weighted by molar-refractivity contribution is -0.146. The van der Waals surface area contributed by atoms with Gasteiger partial charge in [0, 0.05) is 5.56 Å². The number of carboxylic acids is 1. The number of hydrogen-bond acceptors (Lipinski definition) is 4. The number of methoxy groups -OCH3 is 1. The highest BCUT2D eigenvalue weighted by Gasteiger charge is 2.42. The standard InChI is InChI=1S/C17H17NO5/c1-23-14-9-5-8-13(10-14)17(11-19,16(21)22)18-15(20)12-6-3-2-4-7-12/h2-10,19H,11H2,1H3,(H,18,20)(H,21,22)/t17-/m1/s1. The van der Waals surface area contributed by atoms with E-state index < -0.39 is 24.0 Å². The molecule has 0 bridgehead atoms. The zero-order chi connectivity index (χ0) is 16.9. The molecule has 0 saturated carbocycles. The Hall–Kier alpha value is -2.86. The molecule has 0 radical (unpaired) electrons. The van der Waals surface area contributed by atoms with E-state index in [2.05, 4.69) is 5.32 Å². The number of carbonyl (C=O) groups excluding carboxylic acids is 1. The van der Waals surface area contributed by atoms with Crippen LogP contribution in [0.2, 0.25) is 0 Å². The minimum absolute atomic E-state index is 0.219. The van der Waals surface area contributed by atoms with Crippen molar-refractivity contribution < 1.29 is 24.5 Å². The number of aliphatic hydroxyl groups is 1. The quantitative estimate of drug-likeness (QED) is 0.749. The zero-order valence-electron chi connectivity index (χ0n) is 12.5. The topological polar surface area (TPSA) is 95.9 Å². The molecular formula is C17H17NO5. The highest BCUT2D eigenvalue weighted by molar-refractivity contribution is 5.98. The van der Waals surface area contributed by atoms with E-state index in [1.54, 1.807) is 42.5 Å². The van der Waals surface area contributed by atoms with E-state index in [0.717, 1.165) is 0 Å². The van der Waals surface area contributed by atoms with Crippen LogP contribution in [-0.2, 0) is 10.3 Å². The number of hydrogen-bond donors (Lipinski definition) is 3. The Morgan fingerprint density at radius 2 is 1.83 bits per heavy atom. The molecule has 0 aliphatic rings. The van der Waals surface area contributed by atoms with Crippen LogP contribution in [0.25, 0.3) is 0 Å². The third kappa shape index (κ3) is 3.32. The first-order valence-electron chi connectivity index (χ1n) is 6.90. The van der Waals surface area contributed by atoms with E-state index in [9.17, 15) is 19.8 Å². The van der Waals surface area contributed by atoms with Crippen LogP contribution in [0.3, 0.4) is 0 Å². The highest BCUT2D eigenvalue weighted by atomic mass is 16.5. The molecular weight excluding hydrogens is 298 g/mol. The number of carboxylic acid groups (broad SMARTS) is 1. The molecule has 0 aliphatic carbocycles. The maximum absolute atomic E-state index is 12.3. The van der Waals surface area contributed by atoms with E-state index in [1.165, 1.54) is 19.2 Å². The normalized spacial score (nSPS) is 13.0. The molecule has 2 aromatic rings. The Balaban J connectivity index is 2.43. The minimum atomic E-state index is -1.96. The summed E-state index contributed by atoms with van der Waals surface area (Å²) in [5, 5.41) is 21.8. The summed E-state index contributed by atoms with van der Waals surface area (Å²) >= 11 is 0. The van der Waals surface area contributed by atoms with Crippen LogP contribution in [0.1, 0.15) is 15.9 Å². The number of ether oxygens (including phenoxy) is 1. The maximum Gasteiger partial charge on any atom is 0.336 e. The highest BCUT2D eigenvalue weighted by Crippen LogP contribution is 2.25. The van der Waals surface area contributed by atoms with Crippen LogP contribution in [0.5, 0.6) is 5.75 Å². The summed E-state index contributed by atoms with van der Waals surface area (Å²) in [6.07, 6.45) is 0. The van der Waals surface area contributed by atoms with Gasteiger partial charge in [-0.05, 0) is 29.8 Å². The van der Waals surface area contributed by atoms with Gasteiger partial charge in [0.25, 0.3) is 5.91 Å². The first kappa shape index (κ1) is 16.5. The summed E-state index contributed by atoms with van der Waals surface area (Å²) in [4.78, 5) is 24.1. The Morgan fingerprint density at radius 3 is 2.39 bits per heavy atom. The number of aliphatic hydroxyl groups excluding tert-OH is 1. The summed E-state index contributed by atoms with van der Waals surface area (Å²) in [5.74, 6) is -1.53. The first-order valence-corrected chi connectivity index (χ1v) is 6.90. The van der Waals surface area contributed by atoms with Crippen molar-refractivity contribution in [2.45, 2.75) is 5.54 Å². The summed E-state index contributed by atoms with van der Waals surface area (Å²) in [6, 6.07) is 14.4. The molecule has 0 saturated heterocycles. The van der Waals surface area contributed by atoms with Gasteiger partial charge in [0.15, 0.2) is 5.54 Å². The lowest BCUT2D eigenvalue weighted by atomic mass is 9.90. The van der Waals surface area contributed by atoms with Gasteiger partial charge in [0.2, 0.25) is 0 Å². The van der Waals surface area contributed by atoms with Crippen molar-refractivity contribution in [2.24, 2.45) is 0 Å². The second-order valence-electron chi connectivity index (χ2n) is 4.92. The molecule has 1 atom stereocenters. The van der Waals surface area contributed by atoms with Crippen molar-refractivity contribution in [3.63, 3.8) is 0 Å². The molecule has 6 heteroatoms. The van der Waals surface area contributed by atoms with E-state index in [0.29, 0.717) is 11.3 Å². The van der Waals surface area contributed by atoms with Gasteiger partial charge in [-0.2, -0.15) is 0 Å². The number of nitrogens with one attached hydrogen (secondary N) is 1. The molecule has 0 unspecified atom stereocenters. The van der Waals surface area contributed by atoms with Crippen LogP contribution >= 0.6 is 0 Å². The van der Waals surface area contributed by atoms with Gasteiger partial charge in [-0.1, -0.05) is 30.3 Å². The van der Waals surface area contributed by atoms with E-state index in [1.807, 2.05) is 0 Å². The Morgan fingerprint density at radius 1 is 1.13 bits per heavy atom. The zero-order valence-corrected chi connectivity index (χ0v) is 12.5. The van der Waals surface area contributed by atoms with Crippen LogP contribution in [0, 0.1) is 0 Å². The van der Waals surface area contributed by atoms with Gasteiger partial charge in [-0.25, -0.2) is 4.79 Å². The Bertz CT molecular complexity index is 701. The molecule has 0 aliphatic heterocycles. The van der Waals surface area contributed by atoms with Crippen molar-refractivity contribution >= 4 is 11.9 Å². The largest absolute Gasteiger partial charge is 0.497 e. The number of carbonyl (C=O) groups is 2. The van der Waals surface area contributed by atoms with Crippen LogP contribution in [0.15, 0.2) is 54.6 Å². The maximum atomic E-state index is 12.3. The fourth-order valence-electron chi connectivity index (χ4n) is 2.19. The number of rotatable bonds is 6. The molecule has 23 heavy (non-hydrogen) atoms. The van der Waals surface area contributed by atoms with E-state index in [-0.39, 0.29) is 5.56 Å². The summed E-state index contributed by atoms with van der Waals surface area (Å²) in [5.41, 5.74) is -1.44. The molecule has 0 spiro atoms. The van der Waals surface area contributed by atoms with Crippen molar-refractivity contribution in [2.75, 3.05) is 13.7 Å². The monoisotopic (exact) mass is 315 g/mol. The molecule has 120 valence electrons. The summed E-state index contributed by atoms with van der Waals surface area (Å²) in [6.45, 7) is -0.798. The predicted molar refractivity (Wildman–Crippen MR) is 83.3 cm³/mol. The summed E-state index contributed by atoms with van der Waals surface area (Å²) < 4.78 is 5.08. The molecule has 6 nitrogen and oxygen atoms in total. The average molecular weight is 315 g/mol. The Labute approximate surface area is 133 Å². The number of amides is 1. The van der Waals surface area contributed by atoms with E-state index >= 15 is 0 Å². The molecule has 2 rings (SSSR count). The molecule has 0 aromatic heterocycles. The third-order valence-electron chi connectivity index (χ3n) is 3.53. The Kier molecular flexibility index (Phi) is 4.98. The van der Waals surface area contributed by atoms with Gasteiger partial charge in [0.05, 0.1) is 13.7 Å². The fraction of sp³-hybridized carbons (Fsp3) is 0.176. The lowest BCUT2D eigenvalue weighted by Gasteiger charge is -2.29. The van der Waals surface area contributed by atoms with Crippen molar-refractivity contribution in [3.8, 4) is 5.75 Å². The van der Waals surface area contributed by atoms with E-state index in [4.69, 9.17) is 4.74 Å². The van der Waals surface area contributed by atoms with Crippen LogP contribution in [-0.4, -0.2) is 35.8 Å². The summed E-state index contributed by atoms with van der Waals surface area (Å²) in [7, 11) is 1.45. The second kappa shape index (κ2) is 6.93. The molecule has 1 amide bonds. The lowest BCUT2D eigenvalue weighted by Crippen LogP contribution is -2.54.